The Hall–Kier alpha value is -3.82. The highest BCUT2D eigenvalue weighted by Gasteiger charge is 2.21. The number of sulfonamides is 1. The van der Waals surface area contributed by atoms with Crippen LogP contribution in [0.4, 0.5) is 10.8 Å². The zero-order chi connectivity index (χ0) is 25.2. The number of rotatable bonds is 7. The third-order valence-electron chi connectivity index (χ3n) is 5.28. The monoisotopic (exact) mass is 505 g/mol. The maximum Gasteiger partial charge on any atom is 0.261 e. The minimum absolute atomic E-state index is 0.0395. The van der Waals surface area contributed by atoms with Crippen molar-refractivity contribution in [2.45, 2.75) is 25.7 Å². The van der Waals surface area contributed by atoms with Gasteiger partial charge in [-0.15, -0.1) is 0 Å². The lowest BCUT2D eigenvalue weighted by Crippen LogP contribution is -2.17. The first-order valence-corrected chi connectivity index (χ1v) is 13.0. The first kappa shape index (κ1) is 24.3. The fraction of sp³-hybridized carbons (Fsp3) is 0.115. The lowest BCUT2D eigenvalue weighted by Gasteiger charge is -2.11. The van der Waals surface area contributed by atoms with Crippen LogP contribution < -0.4 is 10.0 Å². The summed E-state index contributed by atoms with van der Waals surface area (Å²) in [4.78, 5) is 30.1. The number of nitrogens with one attached hydrogen (secondary N) is 2. The van der Waals surface area contributed by atoms with Gasteiger partial charge in [-0.1, -0.05) is 65.4 Å². The number of hydrogen-bond acceptors (Lipinski definition) is 6. The van der Waals surface area contributed by atoms with Gasteiger partial charge in [0.15, 0.2) is 10.9 Å². The summed E-state index contributed by atoms with van der Waals surface area (Å²) in [5, 5.41) is 2.97. The molecule has 0 saturated carbocycles. The highest BCUT2D eigenvalue weighted by Crippen LogP contribution is 2.32. The number of carbonyl (C=O) groups is 2. The molecule has 2 N–H and O–H groups in total. The van der Waals surface area contributed by atoms with Crippen LogP contribution in [0.15, 0.2) is 77.7 Å². The SMILES string of the molecule is CC(=O)c1sc(NC(=O)c2cc(S(=O)(=O)Nc3ccc(C)cc3)ccc2C)nc1-c1ccccc1. The van der Waals surface area contributed by atoms with Gasteiger partial charge in [0.05, 0.1) is 15.5 Å². The molecule has 3 aromatic carbocycles. The molecule has 4 aromatic rings. The minimum atomic E-state index is -3.91. The molecular weight excluding hydrogens is 482 g/mol. The van der Waals surface area contributed by atoms with Crippen molar-refractivity contribution in [1.82, 2.24) is 4.98 Å². The smallest absolute Gasteiger partial charge is 0.261 e. The molecule has 7 nitrogen and oxygen atoms in total. The zero-order valence-corrected chi connectivity index (χ0v) is 21.0. The van der Waals surface area contributed by atoms with Crippen molar-refractivity contribution in [3.63, 3.8) is 0 Å². The van der Waals surface area contributed by atoms with E-state index in [9.17, 15) is 18.0 Å². The topological polar surface area (TPSA) is 105 Å². The molecule has 0 aliphatic carbocycles. The van der Waals surface area contributed by atoms with E-state index < -0.39 is 15.9 Å². The number of anilines is 2. The average molecular weight is 506 g/mol. The lowest BCUT2D eigenvalue weighted by atomic mass is 10.1. The first-order valence-electron chi connectivity index (χ1n) is 10.7. The van der Waals surface area contributed by atoms with Gasteiger partial charge >= 0.3 is 0 Å². The Bertz CT molecular complexity index is 1510. The Balaban J connectivity index is 1.61. The molecule has 0 spiro atoms. The van der Waals surface area contributed by atoms with E-state index in [1.165, 1.54) is 19.1 Å². The Morgan fingerprint density at radius 2 is 1.60 bits per heavy atom. The number of thiazole rings is 1. The van der Waals surface area contributed by atoms with Crippen molar-refractivity contribution < 1.29 is 18.0 Å². The summed E-state index contributed by atoms with van der Waals surface area (Å²) in [5.74, 6) is -0.674. The largest absolute Gasteiger partial charge is 0.298 e. The number of hydrogen-bond donors (Lipinski definition) is 2. The van der Waals surface area contributed by atoms with Gasteiger partial charge in [0.2, 0.25) is 0 Å². The molecule has 0 fully saturated rings. The van der Waals surface area contributed by atoms with Crippen LogP contribution >= 0.6 is 11.3 Å². The molecule has 9 heteroatoms. The summed E-state index contributed by atoms with van der Waals surface area (Å²) in [6.07, 6.45) is 0. The third kappa shape index (κ3) is 5.47. The molecule has 0 aliphatic heterocycles. The van der Waals surface area contributed by atoms with Gasteiger partial charge in [-0.3, -0.25) is 19.6 Å². The third-order valence-corrected chi connectivity index (χ3v) is 7.73. The van der Waals surface area contributed by atoms with Gasteiger partial charge in [0.25, 0.3) is 15.9 Å². The van der Waals surface area contributed by atoms with Crippen molar-refractivity contribution in [2.75, 3.05) is 10.0 Å². The molecule has 178 valence electrons. The predicted molar refractivity (Wildman–Crippen MR) is 139 cm³/mol. The van der Waals surface area contributed by atoms with Crippen LogP contribution in [-0.4, -0.2) is 25.1 Å². The second-order valence-electron chi connectivity index (χ2n) is 8.02. The summed E-state index contributed by atoms with van der Waals surface area (Å²) in [5.41, 5.74) is 3.48. The van der Waals surface area contributed by atoms with E-state index in [0.717, 1.165) is 22.5 Å². The van der Waals surface area contributed by atoms with E-state index in [-0.39, 0.29) is 21.4 Å². The highest BCUT2D eigenvalue weighted by molar-refractivity contribution is 7.92. The summed E-state index contributed by atoms with van der Waals surface area (Å²) < 4.78 is 28.4. The Morgan fingerprint density at radius 3 is 2.26 bits per heavy atom. The number of benzene rings is 3. The van der Waals surface area contributed by atoms with Crippen LogP contribution in [-0.2, 0) is 10.0 Å². The summed E-state index contributed by atoms with van der Waals surface area (Å²) in [6, 6.07) is 20.6. The number of amides is 1. The normalized spacial score (nSPS) is 11.2. The number of carbonyl (C=O) groups excluding carboxylic acids is 2. The van der Waals surface area contributed by atoms with Gasteiger partial charge in [0.1, 0.15) is 0 Å². The summed E-state index contributed by atoms with van der Waals surface area (Å²) >= 11 is 1.08. The van der Waals surface area contributed by atoms with Crippen molar-refractivity contribution in [3.8, 4) is 11.3 Å². The van der Waals surface area contributed by atoms with Gasteiger partial charge in [-0.05, 0) is 43.7 Å². The Kier molecular flexibility index (Phi) is 6.81. The summed E-state index contributed by atoms with van der Waals surface area (Å²) in [7, 11) is -3.91. The van der Waals surface area contributed by atoms with Gasteiger partial charge < -0.3 is 0 Å². The molecule has 0 aliphatic rings. The Morgan fingerprint density at radius 1 is 0.914 bits per heavy atom. The Labute approximate surface area is 207 Å². The molecule has 1 aromatic heterocycles. The molecule has 0 radical (unpaired) electrons. The molecular formula is C26H23N3O4S2. The molecule has 4 rings (SSSR count). The molecule has 1 amide bonds. The number of nitrogens with zero attached hydrogens (tertiary/aromatic N) is 1. The number of ketones is 1. The molecule has 0 unspecified atom stereocenters. The van der Waals surface area contributed by atoms with Crippen molar-refractivity contribution in [3.05, 3.63) is 94.4 Å². The van der Waals surface area contributed by atoms with Gasteiger partial charge in [-0.2, -0.15) is 0 Å². The minimum Gasteiger partial charge on any atom is -0.298 e. The van der Waals surface area contributed by atoms with E-state index in [1.807, 2.05) is 37.3 Å². The van der Waals surface area contributed by atoms with E-state index in [0.29, 0.717) is 21.8 Å². The second kappa shape index (κ2) is 9.81. The van der Waals surface area contributed by atoms with Crippen molar-refractivity contribution in [2.24, 2.45) is 0 Å². The lowest BCUT2D eigenvalue weighted by molar-refractivity contribution is 0.101. The predicted octanol–water partition coefficient (Wildman–Crippen LogP) is 5.68. The standard InChI is InChI=1S/C26H23N3O4S2/c1-16-9-12-20(13-10-16)29-35(32,33)21-14-11-17(2)22(15-21)25(31)28-26-27-23(24(34-26)18(3)30)19-7-5-4-6-8-19/h4-15,29H,1-3H3,(H,27,28,31). The van der Waals surface area contributed by atoms with Crippen molar-refractivity contribution >= 4 is 43.9 Å². The first-order chi connectivity index (χ1) is 16.6. The fourth-order valence-electron chi connectivity index (χ4n) is 3.42. The highest BCUT2D eigenvalue weighted by atomic mass is 32.2. The van der Waals surface area contributed by atoms with E-state index >= 15 is 0 Å². The van der Waals surface area contributed by atoms with Gasteiger partial charge in [0, 0.05) is 23.7 Å². The second-order valence-corrected chi connectivity index (χ2v) is 10.7. The number of Topliss-reactive ketones (excluding diaryl/α,β-unsaturated/α-hetero) is 1. The number of aromatic nitrogens is 1. The molecule has 0 saturated heterocycles. The van der Waals surface area contributed by atoms with Crippen LogP contribution in [0, 0.1) is 13.8 Å². The van der Waals surface area contributed by atoms with Crippen LogP contribution in [0.25, 0.3) is 11.3 Å². The molecule has 35 heavy (non-hydrogen) atoms. The van der Waals surface area contributed by atoms with E-state index in [4.69, 9.17) is 0 Å². The van der Waals surface area contributed by atoms with Crippen LogP contribution in [0.3, 0.4) is 0 Å². The average Bonchev–Trinajstić information content (AvgIpc) is 3.25. The van der Waals surface area contributed by atoms with E-state index in [2.05, 4.69) is 15.0 Å². The molecule has 0 bridgehead atoms. The number of aryl methyl sites for hydroxylation is 2. The maximum absolute atomic E-state index is 13.1. The maximum atomic E-state index is 13.1. The molecule has 0 atom stereocenters. The van der Waals surface area contributed by atoms with Crippen LogP contribution in [0.5, 0.6) is 0 Å². The summed E-state index contributed by atoms with van der Waals surface area (Å²) in [6.45, 7) is 5.08. The fourth-order valence-corrected chi connectivity index (χ4v) is 5.38. The zero-order valence-electron chi connectivity index (χ0n) is 19.3. The molecule has 1 heterocycles. The van der Waals surface area contributed by atoms with Gasteiger partial charge in [-0.25, -0.2) is 13.4 Å². The van der Waals surface area contributed by atoms with Crippen molar-refractivity contribution in [1.29, 1.82) is 0 Å². The van der Waals surface area contributed by atoms with E-state index in [1.54, 1.807) is 37.3 Å². The quantitative estimate of drug-likeness (QED) is 0.314. The van der Waals surface area contributed by atoms with Crippen LogP contribution in [0.2, 0.25) is 0 Å². The van der Waals surface area contributed by atoms with Crippen LogP contribution in [0.1, 0.15) is 38.1 Å².